The maximum Gasteiger partial charge on any atom is 0.312 e. The van der Waals surface area contributed by atoms with Gasteiger partial charge in [0.05, 0.1) is 5.92 Å². The van der Waals surface area contributed by atoms with Crippen LogP contribution in [0.5, 0.6) is 0 Å². The molecule has 2 rings (SSSR count). The van der Waals surface area contributed by atoms with E-state index in [9.17, 15) is 4.79 Å². The van der Waals surface area contributed by atoms with Gasteiger partial charge in [-0.3, -0.25) is 4.79 Å². The lowest BCUT2D eigenvalue weighted by molar-refractivity contribution is -0.129. The van der Waals surface area contributed by atoms with Gasteiger partial charge in [-0.15, -0.1) is 5.10 Å². The Hall–Kier alpha value is -1.59. The van der Waals surface area contributed by atoms with Crippen LogP contribution in [0.3, 0.4) is 0 Å². The van der Waals surface area contributed by atoms with E-state index in [2.05, 4.69) is 10.2 Å². The van der Waals surface area contributed by atoms with Crippen LogP contribution in [0.25, 0.3) is 0 Å². The van der Waals surface area contributed by atoms with Crippen LogP contribution in [-0.4, -0.2) is 33.6 Å². The Labute approximate surface area is 87.4 Å². The first kappa shape index (κ1) is 9.95. The number of rotatable bonds is 2. The zero-order chi connectivity index (χ0) is 11.0. The van der Waals surface area contributed by atoms with Crippen molar-refractivity contribution in [1.29, 1.82) is 0 Å². The summed E-state index contributed by atoms with van der Waals surface area (Å²) in [7, 11) is 0. The lowest BCUT2D eigenvalue weighted by Crippen LogP contribution is -2.31. The molecular formula is C9H14N4O2. The topological polar surface area (TPSA) is 85.2 Å². The largest absolute Gasteiger partial charge is 0.408 e. The van der Waals surface area contributed by atoms with Gasteiger partial charge in [0.25, 0.3) is 0 Å². The molecule has 1 aliphatic rings. The number of amides is 1. The van der Waals surface area contributed by atoms with Gasteiger partial charge in [-0.2, -0.15) is 0 Å². The number of nitrogens with zero attached hydrogens (tertiary/aromatic N) is 3. The molecule has 1 amide bonds. The molecule has 6 nitrogen and oxygen atoms in total. The van der Waals surface area contributed by atoms with Crippen LogP contribution in [0.15, 0.2) is 4.42 Å². The van der Waals surface area contributed by atoms with Gasteiger partial charge in [0, 0.05) is 19.0 Å². The van der Waals surface area contributed by atoms with Crippen molar-refractivity contribution in [2.24, 2.45) is 0 Å². The van der Waals surface area contributed by atoms with Gasteiger partial charge in [0.15, 0.2) is 0 Å². The van der Waals surface area contributed by atoms with Crippen molar-refractivity contribution in [3.05, 3.63) is 5.89 Å². The maximum absolute atomic E-state index is 11.6. The quantitative estimate of drug-likeness (QED) is 0.762. The number of aromatic nitrogens is 2. The molecule has 1 fully saturated rings. The third-order valence-corrected chi connectivity index (χ3v) is 2.59. The second-order valence-corrected chi connectivity index (χ2v) is 4.02. The Morgan fingerprint density at radius 2 is 2.27 bits per heavy atom. The second kappa shape index (κ2) is 3.52. The SMILES string of the molecule is CC(C)N1C[C@@H](c2nnc(N)o2)CC1=O. The molecule has 0 spiro atoms. The van der Waals surface area contributed by atoms with Crippen LogP contribution >= 0.6 is 0 Å². The summed E-state index contributed by atoms with van der Waals surface area (Å²) in [4.78, 5) is 13.4. The Bertz CT molecular complexity index is 374. The normalized spacial score (nSPS) is 21.7. The minimum Gasteiger partial charge on any atom is -0.408 e. The van der Waals surface area contributed by atoms with Crippen molar-refractivity contribution < 1.29 is 9.21 Å². The molecule has 1 aromatic heterocycles. The molecule has 1 atom stereocenters. The van der Waals surface area contributed by atoms with Crippen LogP contribution in [0.1, 0.15) is 32.1 Å². The molecule has 0 saturated carbocycles. The van der Waals surface area contributed by atoms with Crippen molar-refractivity contribution in [2.75, 3.05) is 12.3 Å². The van der Waals surface area contributed by atoms with Crippen LogP contribution in [0.2, 0.25) is 0 Å². The monoisotopic (exact) mass is 210 g/mol. The number of anilines is 1. The van der Waals surface area contributed by atoms with Crippen molar-refractivity contribution in [3.8, 4) is 0 Å². The van der Waals surface area contributed by atoms with E-state index in [0.717, 1.165) is 0 Å². The van der Waals surface area contributed by atoms with Gasteiger partial charge in [0.1, 0.15) is 0 Å². The summed E-state index contributed by atoms with van der Waals surface area (Å²) >= 11 is 0. The summed E-state index contributed by atoms with van der Waals surface area (Å²) in [5.41, 5.74) is 5.34. The first-order valence-corrected chi connectivity index (χ1v) is 4.96. The Morgan fingerprint density at radius 3 is 2.73 bits per heavy atom. The van der Waals surface area contributed by atoms with Crippen LogP contribution in [-0.2, 0) is 4.79 Å². The Kier molecular flexibility index (Phi) is 2.34. The summed E-state index contributed by atoms with van der Waals surface area (Å²) in [5.74, 6) is 0.584. The summed E-state index contributed by atoms with van der Waals surface area (Å²) in [5, 5.41) is 7.39. The van der Waals surface area contributed by atoms with E-state index in [1.807, 2.05) is 18.7 Å². The number of nitrogens with two attached hydrogens (primary N) is 1. The number of hydrogen-bond acceptors (Lipinski definition) is 5. The molecule has 0 radical (unpaired) electrons. The standard InChI is InChI=1S/C9H14N4O2/c1-5(2)13-4-6(3-7(13)14)8-11-12-9(10)15-8/h5-6H,3-4H2,1-2H3,(H2,10,12)/t6-/m0/s1. The first-order chi connectivity index (χ1) is 7.08. The minimum absolute atomic E-state index is 0.00954. The molecule has 2 heterocycles. The van der Waals surface area contributed by atoms with E-state index in [-0.39, 0.29) is 23.9 Å². The van der Waals surface area contributed by atoms with Crippen molar-refractivity contribution in [3.63, 3.8) is 0 Å². The van der Waals surface area contributed by atoms with Gasteiger partial charge in [-0.05, 0) is 13.8 Å². The lowest BCUT2D eigenvalue weighted by atomic mass is 10.1. The van der Waals surface area contributed by atoms with E-state index in [0.29, 0.717) is 18.9 Å². The van der Waals surface area contributed by atoms with E-state index < -0.39 is 0 Å². The molecule has 0 unspecified atom stereocenters. The minimum atomic E-state index is -0.00954. The molecular weight excluding hydrogens is 196 g/mol. The fourth-order valence-electron chi connectivity index (χ4n) is 1.81. The lowest BCUT2D eigenvalue weighted by Gasteiger charge is -2.20. The van der Waals surface area contributed by atoms with Crippen LogP contribution < -0.4 is 5.73 Å². The number of carbonyl (C=O) groups excluding carboxylic acids is 1. The van der Waals surface area contributed by atoms with Crippen LogP contribution in [0.4, 0.5) is 6.01 Å². The predicted octanol–water partition coefficient (Wildman–Crippen LogP) is 0.376. The number of hydrogen-bond donors (Lipinski definition) is 1. The Balaban J connectivity index is 2.12. The Morgan fingerprint density at radius 1 is 1.53 bits per heavy atom. The fraction of sp³-hybridized carbons (Fsp3) is 0.667. The molecule has 2 N–H and O–H groups in total. The second-order valence-electron chi connectivity index (χ2n) is 4.02. The van der Waals surface area contributed by atoms with Gasteiger partial charge in [0.2, 0.25) is 11.8 Å². The highest BCUT2D eigenvalue weighted by Crippen LogP contribution is 2.28. The van der Waals surface area contributed by atoms with Gasteiger partial charge < -0.3 is 15.1 Å². The third kappa shape index (κ3) is 1.79. The predicted molar refractivity (Wildman–Crippen MR) is 52.9 cm³/mol. The number of carbonyl (C=O) groups is 1. The first-order valence-electron chi connectivity index (χ1n) is 4.96. The highest BCUT2D eigenvalue weighted by Gasteiger charge is 2.35. The summed E-state index contributed by atoms with van der Waals surface area (Å²) in [6.07, 6.45) is 0.430. The van der Waals surface area contributed by atoms with Crippen molar-refractivity contribution in [1.82, 2.24) is 15.1 Å². The summed E-state index contributed by atoms with van der Waals surface area (Å²) in [6.45, 7) is 4.61. The van der Waals surface area contributed by atoms with E-state index in [1.165, 1.54) is 0 Å². The number of nitrogen functional groups attached to an aromatic ring is 1. The fourth-order valence-corrected chi connectivity index (χ4v) is 1.81. The summed E-state index contributed by atoms with van der Waals surface area (Å²) < 4.78 is 5.12. The molecule has 1 aliphatic heterocycles. The van der Waals surface area contributed by atoms with Gasteiger partial charge in [-0.25, -0.2) is 0 Å². The molecule has 0 aromatic carbocycles. The zero-order valence-corrected chi connectivity index (χ0v) is 8.80. The van der Waals surface area contributed by atoms with Crippen molar-refractivity contribution in [2.45, 2.75) is 32.2 Å². The molecule has 6 heteroatoms. The third-order valence-electron chi connectivity index (χ3n) is 2.59. The molecule has 1 saturated heterocycles. The van der Waals surface area contributed by atoms with E-state index >= 15 is 0 Å². The average Bonchev–Trinajstić information content (AvgIpc) is 2.71. The maximum atomic E-state index is 11.6. The van der Waals surface area contributed by atoms with Crippen molar-refractivity contribution >= 4 is 11.9 Å². The highest BCUT2D eigenvalue weighted by atomic mass is 16.4. The molecule has 1 aromatic rings. The van der Waals surface area contributed by atoms with E-state index in [4.69, 9.17) is 10.2 Å². The molecule has 82 valence electrons. The van der Waals surface area contributed by atoms with Gasteiger partial charge >= 0.3 is 6.01 Å². The molecule has 0 aliphatic carbocycles. The van der Waals surface area contributed by atoms with Gasteiger partial charge in [-0.1, -0.05) is 5.10 Å². The number of likely N-dealkylation sites (tertiary alicyclic amines) is 1. The summed E-state index contributed by atoms with van der Waals surface area (Å²) in [6, 6.07) is 0.267. The molecule has 15 heavy (non-hydrogen) atoms. The smallest absolute Gasteiger partial charge is 0.312 e. The average molecular weight is 210 g/mol. The highest BCUT2D eigenvalue weighted by molar-refractivity contribution is 5.79. The van der Waals surface area contributed by atoms with Crippen LogP contribution in [0, 0.1) is 0 Å². The van der Waals surface area contributed by atoms with E-state index in [1.54, 1.807) is 0 Å². The molecule has 0 bridgehead atoms. The zero-order valence-electron chi connectivity index (χ0n) is 8.80.